The number of rotatable bonds is 4. The largest absolute Gasteiger partial charge is 0.393 e. The van der Waals surface area contributed by atoms with Crippen molar-refractivity contribution in [1.82, 2.24) is 0 Å². The summed E-state index contributed by atoms with van der Waals surface area (Å²) in [7, 11) is -3.92. The zero-order valence-corrected chi connectivity index (χ0v) is 13.5. The molecule has 0 unspecified atom stereocenters. The van der Waals surface area contributed by atoms with Crippen molar-refractivity contribution < 1.29 is 13.3 Å². The van der Waals surface area contributed by atoms with E-state index < -0.39 is 20.6 Å². The molecule has 0 bridgehead atoms. The van der Waals surface area contributed by atoms with Gasteiger partial charge >= 0.3 is 0 Å². The van der Waals surface area contributed by atoms with Gasteiger partial charge in [0.05, 0.1) is 9.82 Å². The number of halogens is 1. The van der Waals surface area contributed by atoms with Gasteiger partial charge in [-0.2, -0.15) is 0 Å². The SMILES string of the molecule is Nc1ccc(S(=O)(=O)Nc2cccc(I)c2)cc1[N+](=O)[O-]. The molecule has 0 radical (unpaired) electrons. The molecular formula is C12H10IN3O4S. The summed E-state index contributed by atoms with van der Waals surface area (Å²) in [6.07, 6.45) is 0. The second kappa shape index (κ2) is 5.85. The lowest BCUT2D eigenvalue weighted by Gasteiger charge is -2.08. The molecule has 0 aliphatic heterocycles. The first-order valence-electron chi connectivity index (χ1n) is 5.62. The van der Waals surface area contributed by atoms with E-state index in [0.29, 0.717) is 5.69 Å². The molecule has 0 spiro atoms. The van der Waals surface area contributed by atoms with Crippen LogP contribution in [0.1, 0.15) is 0 Å². The van der Waals surface area contributed by atoms with E-state index in [1.54, 1.807) is 18.2 Å². The molecule has 2 aromatic carbocycles. The highest BCUT2D eigenvalue weighted by molar-refractivity contribution is 14.1. The first-order chi connectivity index (χ1) is 9.79. The van der Waals surface area contributed by atoms with E-state index in [-0.39, 0.29) is 10.6 Å². The summed E-state index contributed by atoms with van der Waals surface area (Å²) in [4.78, 5) is 9.87. The van der Waals surface area contributed by atoms with Gasteiger partial charge in [0.1, 0.15) is 5.69 Å². The number of nitrogens with zero attached hydrogens (tertiary/aromatic N) is 1. The minimum absolute atomic E-state index is 0.0896. The quantitative estimate of drug-likeness (QED) is 0.342. The van der Waals surface area contributed by atoms with Crippen molar-refractivity contribution >= 4 is 49.7 Å². The number of benzene rings is 2. The van der Waals surface area contributed by atoms with Gasteiger partial charge in [-0.3, -0.25) is 14.8 Å². The third-order valence-electron chi connectivity index (χ3n) is 2.59. The molecule has 110 valence electrons. The van der Waals surface area contributed by atoms with E-state index in [0.717, 1.165) is 9.64 Å². The van der Waals surface area contributed by atoms with Crippen LogP contribution < -0.4 is 10.5 Å². The number of nitrogens with one attached hydrogen (secondary N) is 1. The second-order valence-electron chi connectivity index (χ2n) is 4.09. The number of sulfonamides is 1. The number of nitro benzene ring substituents is 1. The molecule has 0 aromatic heterocycles. The Balaban J connectivity index is 2.40. The van der Waals surface area contributed by atoms with Crippen LogP contribution in [0.2, 0.25) is 0 Å². The average Bonchev–Trinajstić information content (AvgIpc) is 2.38. The second-order valence-corrected chi connectivity index (χ2v) is 7.02. The van der Waals surface area contributed by atoms with Gasteiger partial charge in [0.25, 0.3) is 15.7 Å². The van der Waals surface area contributed by atoms with Crippen LogP contribution in [0.4, 0.5) is 17.1 Å². The smallest absolute Gasteiger partial charge is 0.293 e. The molecule has 0 aliphatic carbocycles. The standard InChI is InChI=1S/C12H10IN3O4S/c13-8-2-1-3-9(6-8)15-21(19,20)10-4-5-11(14)12(7-10)16(17)18/h1-7,15H,14H2. The van der Waals surface area contributed by atoms with Gasteiger partial charge in [-0.15, -0.1) is 0 Å². The maximum absolute atomic E-state index is 12.2. The van der Waals surface area contributed by atoms with Crippen molar-refractivity contribution in [2.45, 2.75) is 4.90 Å². The van der Waals surface area contributed by atoms with Crippen molar-refractivity contribution in [3.05, 3.63) is 56.1 Å². The number of nitrogens with two attached hydrogens (primary N) is 1. The number of nitrogen functional groups attached to an aromatic ring is 1. The highest BCUT2D eigenvalue weighted by Crippen LogP contribution is 2.26. The van der Waals surface area contributed by atoms with Crippen molar-refractivity contribution in [2.75, 3.05) is 10.5 Å². The summed E-state index contributed by atoms with van der Waals surface area (Å²) in [6.45, 7) is 0. The van der Waals surface area contributed by atoms with E-state index in [2.05, 4.69) is 4.72 Å². The van der Waals surface area contributed by atoms with Crippen LogP contribution in [0.25, 0.3) is 0 Å². The van der Waals surface area contributed by atoms with E-state index in [9.17, 15) is 18.5 Å². The third-order valence-corrected chi connectivity index (χ3v) is 4.64. The number of nitro groups is 1. The van der Waals surface area contributed by atoms with Gasteiger partial charge in [-0.05, 0) is 52.9 Å². The zero-order valence-electron chi connectivity index (χ0n) is 10.5. The summed E-state index contributed by atoms with van der Waals surface area (Å²) in [5.41, 5.74) is 5.29. The van der Waals surface area contributed by atoms with Crippen LogP contribution in [-0.2, 0) is 10.0 Å². The number of hydrogen-bond acceptors (Lipinski definition) is 5. The molecule has 0 heterocycles. The maximum atomic E-state index is 12.2. The maximum Gasteiger partial charge on any atom is 0.293 e. The summed E-state index contributed by atoms with van der Waals surface area (Å²) >= 11 is 2.05. The molecule has 21 heavy (non-hydrogen) atoms. The van der Waals surface area contributed by atoms with Gasteiger partial charge in [0.15, 0.2) is 0 Å². The van der Waals surface area contributed by atoms with Gasteiger partial charge < -0.3 is 5.73 Å². The van der Waals surface area contributed by atoms with Crippen LogP contribution in [-0.4, -0.2) is 13.3 Å². The lowest BCUT2D eigenvalue weighted by Crippen LogP contribution is -2.13. The van der Waals surface area contributed by atoms with Crippen LogP contribution in [0.15, 0.2) is 47.4 Å². The molecular weight excluding hydrogens is 409 g/mol. The molecule has 2 rings (SSSR count). The minimum Gasteiger partial charge on any atom is -0.393 e. The first-order valence-corrected chi connectivity index (χ1v) is 8.18. The predicted molar refractivity (Wildman–Crippen MR) is 87.5 cm³/mol. The topological polar surface area (TPSA) is 115 Å². The average molecular weight is 419 g/mol. The van der Waals surface area contributed by atoms with Crippen LogP contribution in [0.5, 0.6) is 0 Å². The molecule has 0 aliphatic rings. The highest BCUT2D eigenvalue weighted by Gasteiger charge is 2.20. The Morgan fingerprint density at radius 3 is 2.52 bits per heavy atom. The molecule has 7 nitrogen and oxygen atoms in total. The number of anilines is 2. The fourth-order valence-electron chi connectivity index (χ4n) is 1.61. The van der Waals surface area contributed by atoms with Gasteiger partial charge in [-0.25, -0.2) is 8.42 Å². The summed E-state index contributed by atoms with van der Waals surface area (Å²) < 4.78 is 27.7. The van der Waals surface area contributed by atoms with Gasteiger partial charge in [0.2, 0.25) is 0 Å². The van der Waals surface area contributed by atoms with Gasteiger partial charge in [-0.1, -0.05) is 6.07 Å². The molecule has 0 fully saturated rings. The monoisotopic (exact) mass is 419 g/mol. The highest BCUT2D eigenvalue weighted by atomic mass is 127. The Kier molecular flexibility index (Phi) is 4.32. The Labute approximate surface area is 134 Å². The van der Waals surface area contributed by atoms with Crippen molar-refractivity contribution in [3.63, 3.8) is 0 Å². The lowest BCUT2D eigenvalue weighted by molar-refractivity contribution is -0.384. The lowest BCUT2D eigenvalue weighted by atomic mass is 10.3. The van der Waals surface area contributed by atoms with E-state index >= 15 is 0 Å². The molecule has 2 aromatic rings. The number of hydrogen-bond donors (Lipinski definition) is 2. The van der Waals surface area contributed by atoms with E-state index in [1.165, 1.54) is 12.1 Å². The Hall–Kier alpha value is -1.88. The minimum atomic E-state index is -3.92. The Morgan fingerprint density at radius 2 is 1.90 bits per heavy atom. The van der Waals surface area contributed by atoms with Crippen molar-refractivity contribution in [2.24, 2.45) is 0 Å². The molecule has 9 heteroatoms. The van der Waals surface area contributed by atoms with E-state index in [4.69, 9.17) is 5.73 Å². The van der Waals surface area contributed by atoms with E-state index in [1.807, 2.05) is 28.7 Å². The van der Waals surface area contributed by atoms with Crippen molar-refractivity contribution in [3.8, 4) is 0 Å². The summed E-state index contributed by atoms with van der Waals surface area (Å²) in [5, 5.41) is 10.8. The predicted octanol–water partition coefficient (Wildman–Crippen LogP) is 2.58. The zero-order chi connectivity index (χ0) is 15.6. The molecule has 0 atom stereocenters. The molecule has 0 saturated carbocycles. The Morgan fingerprint density at radius 1 is 1.19 bits per heavy atom. The fourth-order valence-corrected chi connectivity index (χ4v) is 3.23. The van der Waals surface area contributed by atoms with Crippen LogP contribution in [0.3, 0.4) is 0 Å². The third kappa shape index (κ3) is 3.61. The summed E-state index contributed by atoms with van der Waals surface area (Å²) in [5.74, 6) is 0. The molecule has 3 N–H and O–H groups in total. The molecule has 0 amide bonds. The van der Waals surface area contributed by atoms with Crippen LogP contribution >= 0.6 is 22.6 Å². The molecule has 0 saturated heterocycles. The normalized spacial score (nSPS) is 11.1. The Bertz CT molecular complexity index is 808. The summed E-state index contributed by atoms with van der Waals surface area (Å²) in [6, 6.07) is 10.1. The van der Waals surface area contributed by atoms with Crippen molar-refractivity contribution in [1.29, 1.82) is 0 Å². The van der Waals surface area contributed by atoms with Crippen LogP contribution in [0, 0.1) is 13.7 Å². The first kappa shape index (κ1) is 15.5. The van der Waals surface area contributed by atoms with Gasteiger partial charge in [0, 0.05) is 15.3 Å². The fraction of sp³-hybridized carbons (Fsp3) is 0.